The monoisotopic (exact) mass is 446 g/mol. The highest BCUT2D eigenvalue weighted by atomic mass is 32.2. The first-order chi connectivity index (χ1) is 14.5. The highest BCUT2D eigenvalue weighted by Crippen LogP contribution is 2.29. The van der Waals surface area contributed by atoms with Crippen LogP contribution in [-0.4, -0.2) is 47.4 Å². The summed E-state index contributed by atoms with van der Waals surface area (Å²) in [5.41, 5.74) is 2.92. The molecule has 2 heterocycles. The molecule has 3 rings (SSSR count). The summed E-state index contributed by atoms with van der Waals surface area (Å²) in [5, 5.41) is 11.3. The third-order valence-corrected chi connectivity index (χ3v) is 6.26. The van der Waals surface area contributed by atoms with E-state index < -0.39 is 5.97 Å². The van der Waals surface area contributed by atoms with Gasteiger partial charge in [-0.1, -0.05) is 53.4 Å². The summed E-state index contributed by atoms with van der Waals surface area (Å²) >= 11 is 2.86. The SMILES string of the molecule is COCCOC(=O)c1c(C)[nH]c(C(=O)Nc2nnc(SCc3ccccc3)s2)c1C. The fraction of sp³-hybridized carbons (Fsp3) is 0.300. The molecule has 158 valence electrons. The second-order valence-electron chi connectivity index (χ2n) is 6.36. The van der Waals surface area contributed by atoms with Crippen molar-refractivity contribution in [3.8, 4) is 0 Å². The lowest BCUT2D eigenvalue weighted by Gasteiger charge is -2.05. The quantitative estimate of drug-likeness (QED) is 0.223. The maximum Gasteiger partial charge on any atom is 0.340 e. The summed E-state index contributed by atoms with van der Waals surface area (Å²) in [6.07, 6.45) is 0. The van der Waals surface area contributed by atoms with Crippen LogP contribution in [0.2, 0.25) is 0 Å². The number of nitrogens with zero attached hydrogens (tertiary/aromatic N) is 2. The van der Waals surface area contributed by atoms with Gasteiger partial charge in [-0.05, 0) is 25.0 Å². The van der Waals surface area contributed by atoms with E-state index in [1.54, 1.807) is 25.6 Å². The van der Waals surface area contributed by atoms with Crippen LogP contribution in [0.4, 0.5) is 5.13 Å². The Labute approximate surface area is 182 Å². The van der Waals surface area contributed by atoms with Gasteiger partial charge in [-0.2, -0.15) is 0 Å². The van der Waals surface area contributed by atoms with Crippen molar-refractivity contribution in [3.05, 3.63) is 58.4 Å². The molecule has 1 amide bonds. The number of carbonyl (C=O) groups excluding carboxylic acids is 2. The summed E-state index contributed by atoms with van der Waals surface area (Å²) in [7, 11) is 1.53. The van der Waals surface area contributed by atoms with Gasteiger partial charge in [-0.25, -0.2) is 4.79 Å². The Morgan fingerprint density at radius 1 is 1.17 bits per heavy atom. The molecule has 0 saturated carbocycles. The van der Waals surface area contributed by atoms with Gasteiger partial charge >= 0.3 is 5.97 Å². The number of amides is 1. The maximum atomic E-state index is 12.7. The minimum absolute atomic E-state index is 0.148. The van der Waals surface area contributed by atoms with Crippen LogP contribution in [0.15, 0.2) is 34.7 Å². The lowest BCUT2D eigenvalue weighted by molar-refractivity contribution is 0.0387. The molecule has 0 unspecified atom stereocenters. The molecule has 8 nitrogen and oxygen atoms in total. The Kier molecular flexibility index (Phi) is 7.61. The van der Waals surface area contributed by atoms with Gasteiger partial charge in [0.25, 0.3) is 5.91 Å². The molecule has 0 aliphatic rings. The minimum Gasteiger partial charge on any atom is -0.460 e. The van der Waals surface area contributed by atoms with Crippen molar-refractivity contribution in [2.75, 3.05) is 25.6 Å². The number of anilines is 1. The first-order valence-corrected chi connectivity index (χ1v) is 11.0. The zero-order valence-corrected chi connectivity index (χ0v) is 18.5. The van der Waals surface area contributed by atoms with Crippen LogP contribution in [0, 0.1) is 13.8 Å². The number of aromatic amines is 1. The second-order valence-corrected chi connectivity index (χ2v) is 8.56. The van der Waals surface area contributed by atoms with Crippen LogP contribution in [0.5, 0.6) is 0 Å². The lowest BCUT2D eigenvalue weighted by Crippen LogP contribution is -2.14. The van der Waals surface area contributed by atoms with E-state index >= 15 is 0 Å². The minimum atomic E-state index is -0.493. The fourth-order valence-electron chi connectivity index (χ4n) is 2.77. The number of esters is 1. The summed E-state index contributed by atoms with van der Waals surface area (Å²) in [5.74, 6) is -0.109. The van der Waals surface area contributed by atoms with Crippen LogP contribution in [-0.2, 0) is 15.2 Å². The van der Waals surface area contributed by atoms with Gasteiger partial charge in [-0.3, -0.25) is 10.1 Å². The number of methoxy groups -OCH3 is 1. The molecule has 0 aliphatic carbocycles. The summed E-state index contributed by atoms with van der Waals surface area (Å²) in [4.78, 5) is 27.9. The molecule has 0 bridgehead atoms. The molecule has 1 aromatic carbocycles. The van der Waals surface area contributed by atoms with E-state index in [0.717, 1.165) is 10.1 Å². The van der Waals surface area contributed by atoms with Crippen LogP contribution >= 0.6 is 23.1 Å². The lowest BCUT2D eigenvalue weighted by atomic mass is 10.1. The van der Waals surface area contributed by atoms with Crippen LogP contribution in [0.3, 0.4) is 0 Å². The first-order valence-electron chi connectivity index (χ1n) is 9.16. The van der Waals surface area contributed by atoms with Gasteiger partial charge in [0.2, 0.25) is 5.13 Å². The van der Waals surface area contributed by atoms with E-state index in [2.05, 4.69) is 20.5 Å². The molecule has 0 saturated heterocycles. The molecule has 0 aliphatic heterocycles. The van der Waals surface area contributed by atoms with Crippen molar-refractivity contribution in [1.29, 1.82) is 0 Å². The molecule has 2 N–H and O–H groups in total. The van der Waals surface area contributed by atoms with Crippen molar-refractivity contribution in [2.24, 2.45) is 0 Å². The standard InChI is InChI=1S/C20H22N4O4S2/c1-12-15(18(26)28-10-9-27-3)13(2)21-16(12)17(25)22-19-23-24-20(30-19)29-11-14-7-5-4-6-8-14/h4-8,21H,9-11H2,1-3H3,(H,22,23,25). The van der Waals surface area contributed by atoms with Crippen LogP contribution in [0.1, 0.15) is 37.7 Å². The number of rotatable bonds is 9. The third-order valence-electron chi connectivity index (χ3n) is 4.22. The number of hydrogen-bond donors (Lipinski definition) is 2. The third kappa shape index (κ3) is 5.47. The summed E-state index contributed by atoms with van der Waals surface area (Å²) in [6, 6.07) is 10.0. The second kappa shape index (κ2) is 10.4. The van der Waals surface area contributed by atoms with E-state index in [1.807, 2.05) is 30.3 Å². The Balaban J connectivity index is 1.63. The average Bonchev–Trinajstić information content (AvgIpc) is 3.30. The first kappa shape index (κ1) is 22.0. The van der Waals surface area contributed by atoms with E-state index in [4.69, 9.17) is 9.47 Å². The molecule has 3 aromatic rings. The molecular formula is C20H22N4O4S2. The number of aryl methyl sites for hydroxylation is 1. The van der Waals surface area contributed by atoms with E-state index in [0.29, 0.717) is 34.3 Å². The number of ether oxygens (including phenoxy) is 2. The van der Waals surface area contributed by atoms with Crippen molar-refractivity contribution >= 4 is 40.1 Å². The number of hydrogen-bond acceptors (Lipinski definition) is 8. The summed E-state index contributed by atoms with van der Waals surface area (Å²) in [6.45, 7) is 3.88. The molecule has 10 heteroatoms. The van der Waals surface area contributed by atoms with Crippen molar-refractivity contribution < 1.29 is 19.1 Å². The van der Waals surface area contributed by atoms with Gasteiger partial charge in [0.1, 0.15) is 12.3 Å². The maximum absolute atomic E-state index is 12.7. The molecule has 0 radical (unpaired) electrons. The number of H-pyrrole nitrogens is 1. The van der Waals surface area contributed by atoms with E-state index in [9.17, 15) is 9.59 Å². The van der Waals surface area contributed by atoms with Crippen molar-refractivity contribution in [3.63, 3.8) is 0 Å². The smallest absolute Gasteiger partial charge is 0.340 e. The van der Waals surface area contributed by atoms with Crippen LogP contribution < -0.4 is 5.32 Å². The predicted molar refractivity (Wildman–Crippen MR) is 116 cm³/mol. The zero-order chi connectivity index (χ0) is 21.5. The molecule has 0 atom stereocenters. The highest BCUT2D eigenvalue weighted by molar-refractivity contribution is 8.00. The van der Waals surface area contributed by atoms with Gasteiger partial charge < -0.3 is 14.5 Å². The normalized spacial score (nSPS) is 10.8. The van der Waals surface area contributed by atoms with Gasteiger partial charge in [0.15, 0.2) is 4.34 Å². The molecule has 0 fully saturated rings. The fourth-order valence-corrected chi connectivity index (χ4v) is 4.47. The van der Waals surface area contributed by atoms with Gasteiger partial charge in [0.05, 0.1) is 12.2 Å². The Morgan fingerprint density at radius 3 is 2.67 bits per heavy atom. The number of thioether (sulfide) groups is 1. The zero-order valence-electron chi connectivity index (χ0n) is 16.9. The predicted octanol–water partition coefficient (Wildman–Crippen LogP) is 3.83. The Bertz CT molecular complexity index is 1020. The van der Waals surface area contributed by atoms with Crippen molar-refractivity contribution in [2.45, 2.75) is 23.9 Å². The number of nitrogens with one attached hydrogen (secondary N) is 2. The van der Waals surface area contributed by atoms with Crippen molar-refractivity contribution in [1.82, 2.24) is 15.2 Å². The molecule has 30 heavy (non-hydrogen) atoms. The van der Waals surface area contributed by atoms with Crippen LogP contribution in [0.25, 0.3) is 0 Å². The summed E-state index contributed by atoms with van der Waals surface area (Å²) < 4.78 is 10.8. The largest absolute Gasteiger partial charge is 0.460 e. The average molecular weight is 447 g/mol. The van der Waals surface area contributed by atoms with E-state index in [1.165, 1.54) is 24.0 Å². The Hall–Kier alpha value is -2.69. The highest BCUT2D eigenvalue weighted by Gasteiger charge is 2.23. The number of carbonyl (C=O) groups is 2. The molecule has 0 spiro atoms. The molecular weight excluding hydrogens is 424 g/mol. The molecule has 2 aromatic heterocycles. The number of benzene rings is 1. The van der Waals surface area contributed by atoms with Gasteiger partial charge in [0, 0.05) is 18.6 Å². The number of aromatic nitrogens is 3. The van der Waals surface area contributed by atoms with E-state index in [-0.39, 0.29) is 12.5 Å². The Morgan fingerprint density at radius 2 is 1.93 bits per heavy atom. The topological polar surface area (TPSA) is 106 Å². The van der Waals surface area contributed by atoms with Gasteiger partial charge in [-0.15, -0.1) is 10.2 Å².